The Morgan fingerprint density at radius 1 is 1.62 bits per heavy atom. The van der Waals surface area contributed by atoms with Crippen molar-refractivity contribution < 1.29 is 8.78 Å². The van der Waals surface area contributed by atoms with Gasteiger partial charge in [0.05, 0.1) is 0 Å². The molecule has 48 valence electrons. The Bertz CT molecular complexity index is 76.5. The zero-order valence-electron chi connectivity index (χ0n) is 4.66. The molecule has 0 aliphatic rings. The molecule has 0 amide bonds. The molecule has 0 saturated heterocycles. The van der Waals surface area contributed by atoms with E-state index >= 15 is 0 Å². The van der Waals surface area contributed by atoms with Crippen LogP contribution in [0, 0.1) is 0 Å². The lowest BCUT2D eigenvalue weighted by Gasteiger charge is -1.85. The Morgan fingerprint density at radius 3 is 2.62 bits per heavy atom. The fourth-order valence-corrected chi connectivity index (χ4v) is 0.719. The number of halogens is 2. The average Bonchev–Trinajstić information content (AvgIpc) is 1.66. The van der Waals surface area contributed by atoms with Gasteiger partial charge < -0.3 is 0 Å². The van der Waals surface area contributed by atoms with Gasteiger partial charge in [-0.3, -0.25) is 0 Å². The zero-order chi connectivity index (χ0) is 6.41. The summed E-state index contributed by atoms with van der Waals surface area (Å²) in [5, 5.41) is 0. The van der Waals surface area contributed by atoms with Crippen LogP contribution < -0.4 is 0 Å². The largest absolute Gasteiger partial charge is 0.267 e. The van der Waals surface area contributed by atoms with E-state index in [9.17, 15) is 8.78 Å². The zero-order valence-corrected chi connectivity index (χ0v) is 5.47. The summed E-state index contributed by atoms with van der Waals surface area (Å²) in [5.74, 6) is 1.32. The van der Waals surface area contributed by atoms with Gasteiger partial charge in [0.15, 0.2) is 0 Å². The molecule has 0 rings (SSSR count). The third-order valence-electron chi connectivity index (χ3n) is 0.560. The summed E-state index contributed by atoms with van der Waals surface area (Å²) in [6.45, 7) is 1.94. The first-order chi connectivity index (χ1) is 3.77. The summed E-state index contributed by atoms with van der Waals surface area (Å²) in [7, 11) is 0. The highest BCUT2D eigenvalue weighted by atomic mass is 32.2. The second kappa shape index (κ2) is 5.09. The van der Waals surface area contributed by atoms with Gasteiger partial charge in [-0.15, -0.1) is 0 Å². The van der Waals surface area contributed by atoms with Crippen molar-refractivity contribution in [3.05, 3.63) is 12.2 Å². The summed E-state index contributed by atoms with van der Waals surface area (Å²) < 4.78 is 22.4. The lowest BCUT2D eigenvalue weighted by molar-refractivity contribution is 0.420. The second-order valence-electron chi connectivity index (χ2n) is 1.15. The van der Waals surface area contributed by atoms with E-state index in [2.05, 4.69) is 0 Å². The van der Waals surface area contributed by atoms with Gasteiger partial charge >= 0.3 is 0 Å². The van der Waals surface area contributed by atoms with Crippen LogP contribution in [0.25, 0.3) is 0 Å². The van der Waals surface area contributed by atoms with Crippen LogP contribution in [0.1, 0.15) is 6.92 Å². The van der Waals surface area contributed by atoms with Crippen LogP contribution in [-0.4, -0.2) is 11.5 Å². The molecule has 0 unspecified atom stereocenters. The first-order valence-corrected chi connectivity index (χ1v) is 3.51. The van der Waals surface area contributed by atoms with E-state index in [1.54, 1.807) is 0 Å². The van der Waals surface area contributed by atoms with Crippen molar-refractivity contribution >= 4 is 11.8 Å². The summed E-state index contributed by atoms with van der Waals surface area (Å²) in [4.78, 5) is 0. The molecule has 3 heteroatoms. The van der Waals surface area contributed by atoms with Gasteiger partial charge in [0.2, 0.25) is 0 Å². The molecule has 0 spiro atoms. The molecule has 0 atom stereocenters. The molecule has 0 aliphatic carbocycles. The third kappa shape index (κ3) is 5.95. The van der Waals surface area contributed by atoms with Gasteiger partial charge in [0.1, 0.15) is 0 Å². The highest BCUT2D eigenvalue weighted by Gasteiger charge is 1.84. The summed E-state index contributed by atoms with van der Waals surface area (Å²) >= 11 is 1.48. The van der Waals surface area contributed by atoms with Crippen LogP contribution in [0.3, 0.4) is 0 Å². The predicted molar refractivity (Wildman–Crippen MR) is 33.3 cm³/mol. The standard InChI is InChI=1S/C5H8F2S/c1-2-8-4-3-5(6)7/h3H,2,4H2,1H3. The minimum absolute atomic E-state index is 0.429. The molecule has 8 heavy (non-hydrogen) atoms. The van der Waals surface area contributed by atoms with Crippen LogP contribution in [0.5, 0.6) is 0 Å². The molecule has 0 aromatic heterocycles. The fraction of sp³-hybridized carbons (Fsp3) is 0.600. The van der Waals surface area contributed by atoms with Crippen molar-refractivity contribution in [1.29, 1.82) is 0 Å². The average molecular weight is 138 g/mol. The van der Waals surface area contributed by atoms with Crippen LogP contribution in [-0.2, 0) is 0 Å². The maximum absolute atomic E-state index is 11.2. The maximum Gasteiger partial charge on any atom is 0.267 e. The van der Waals surface area contributed by atoms with Crippen LogP contribution in [0.2, 0.25) is 0 Å². The predicted octanol–water partition coefficient (Wildman–Crippen LogP) is 2.52. The van der Waals surface area contributed by atoms with Crippen molar-refractivity contribution in [3.8, 4) is 0 Å². The number of rotatable bonds is 3. The van der Waals surface area contributed by atoms with E-state index in [-0.39, 0.29) is 0 Å². The number of hydrogen-bond donors (Lipinski definition) is 0. The smallest absolute Gasteiger partial charge is 0.174 e. The van der Waals surface area contributed by atoms with E-state index in [1.807, 2.05) is 6.92 Å². The quantitative estimate of drug-likeness (QED) is 0.540. The SMILES string of the molecule is CCSCC=C(F)F. The molecule has 0 aromatic carbocycles. The Morgan fingerprint density at radius 2 is 2.25 bits per heavy atom. The van der Waals surface area contributed by atoms with Gasteiger partial charge in [-0.05, 0) is 11.8 Å². The number of thioether (sulfide) groups is 1. The Hall–Kier alpha value is -0.0500. The van der Waals surface area contributed by atoms with E-state index in [4.69, 9.17) is 0 Å². The lowest BCUT2D eigenvalue weighted by Crippen LogP contribution is -1.71. The molecular weight excluding hydrogens is 130 g/mol. The van der Waals surface area contributed by atoms with E-state index in [0.717, 1.165) is 11.8 Å². The minimum Gasteiger partial charge on any atom is -0.174 e. The summed E-state index contributed by atoms with van der Waals surface area (Å²) in [6, 6.07) is 0. The highest BCUT2D eigenvalue weighted by Crippen LogP contribution is 2.03. The highest BCUT2D eigenvalue weighted by molar-refractivity contribution is 7.99. The normalized spacial score (nSPS) is 8.88. The van der Waals surface area contributed by atoms with Crippen LogP contribution in [0.15, 0.2) is 12.2 Å². The van der Waals surface area contributed by atoms with E-state index in [0.29, 0.717) is 5.75 Å². The monoisotopic (exact) mass is 138 g/mol. The lowest BCUT2D eigenvalue weighted by atomic mass is 10.7. The topological polar surface area (TPSA) is 0 Å². The van der Waals surface area contributed by atoms with E-state index in [1.165, 1.54) is 11.8 Å². The number of hydrogen-bond acceptors (Lipinski definition) is 1. The van der Waals surface area contributed by atoms with Gasteiger partial charge in [0.25, 0.3) is 6.08 Å². The molecule has 0 N–H and O–H groups in total. The third-order valence-corrected chi connectivity index (χ3v) is 1.37. The van der Waals surface area contributed by atoms with Crippen molar-refractivity contribution in [2.24, 2.45) is 0 Å². The Balaban J connectivity index is 3.03. The molecule has 0 nitrogen and oxygen atoms in total. The molecular formula is C5H8F2S. The molecule has 0 heterocycles. The Labute approximate surface area is 52.0 Å². The first-order valence-electron chi connectivity index (χ1n) is 2.36. The molecule has 0 bridgehead atoms. The second-order valence-corrected chi connectivity index (χ2v) is 2.47. The first kappa shape index (κ1) is 7.95. The summed E-state index contributed by atoms with van der Waals surface area (Å²) in [5.41, 5.74) is 0. The van der Waals surface area contributed by atoms with Crippen molar-refractivity contribution in [2.45, 2.75) is 6.92 Å². The molecule has 0 radical (unpaired) electrons. The van der Waals surface area contributed by atoms with Gasteiger partial charge in [0, 0.05) is 5.75 Å². The fourth-order valence-electron chi connectivity index (χ4n) is 0.240. The molecule has 0 fully saturated rings. The maximum atomic E-state index is 11.2. The van der Waals surface area contributed by atoms with Gasteiger partial charge in [-0.2, -0.15) is 20.5 Å². The van der Waals surface area contributed by atoms with Crippen molar-refractivity contribution in [1.82, 2.24) is 0 Å². The van der Waals surface area contributed by atoms with Gasteiger partial charge in [-0.25, -0.2) is 0 Å². The molecule has 0 saturated carbocycles. The molecule has 0 aromatic rings. The van der Waals surface area contributed by atoms with E-state index < -0.39 is 6.08 Å². The minimum atomic E-state index is -1.58. The summed E-state index contributed by atoms with van der Waals surface area (Å²) in [6.07, 6.45) is -0.653. The van der Waals surface area contributed by atoms with Crippen LogP contribution >= 0.6 is 11.8 Å². The Kier molecular flexibility index (Phi) is 5.06. The molecule has 0 aliphatic heterocycles. The van der Waals surface area contributed by atoms with Crippen LogP contribution in [0.4, 0.5) is 8.78 Å². The van der Waals surface area contributed by atoms with Crippen molar-refractivity contribution in [3.63, 3.8) is 0 Å². The van der Waals surface area contributed by atoms with Gasteiger partial charge in [-0.1, -0.05) is 6.92 Å². The van der Waals surface area contributed by atoms with Crippen molar-refractivity contribution in [2.75, 3.05) is 11.5 Å².